The lowest BCUT2D eigenvalue weighted by atomic mass is 9.80. The molecule has 1 atom stereocenters. The molecule has 1 fully saturated rings. The molecule has 1 aliphatic heterocycles. The van der Waals surface area contributed by atoms with Gasteiger partial charge in [0.1, 0.15) is 0 Å². The van der Waals surface area contributed by atoms with Crippen molar-refractivity contribution < 1.29 is 0 Å². The first kappa shape index (κ1) is 14.7. The van der Waals surface area contributed by atoms with Gasteiger partial charge < -0.3 is 10.6 Å². The van der Waals surface area contributed by atoms with E-state index in [4.69, 9.17) is 5.73 Å². The Labute approximate surface area is 121 Å². The van der Waals surface area contributed by atoms with E-state index in [-0.39, 0.29) is 0 Å². The number of rotatable bonds is 3. The molecule has 0 saturated carbocycles. The number of nitrogens with zero attached hydrogens (tertiary/aromatic N) is 1. The zero-order chi connectivity index (χ0) is 14.0. The fourth-order valence-electron chi connectivity index (χ4n) is 2.93. The maximum atomic E-state index is 5.98. The van der Waals surface area contributed by atoms with Crippen molar-refractivity contribution in [3.8, 4) is 0 Å². The maximum absolute atomic E-state index is 5.98. The van der Waals surface area contributed by atoms with Crippen LogP contribution in [0.5, 0.6) is 0 Å². The fourth-order valence-corrected chi connectivity index (χ4v) is 3.58. The lowest BCUT2D eigenvalue weighted by Crippen LogP contribution is -2.26. The van der Waals surface area contributed by atoms with E-state index in [1.165, 1.54) is 22.6 Å². The van der Waals surface area contributed by atoms with Crippen molar-refractivity contribution in [3.05, 3.63) is 23.8 Å². The first-order valence-corrected chi connectivity index (χ1v) is 8.30. The molecule has 1 aromatic carbocycles. The number of thioether (sulfide) groups is 1. The first-order chi connectivity index (χ1) is 8.97. The van der Waals surface area contributed by atoms with Crippen LogP contribution in [-0.4, -0.2) is 19.3 Å². The largest absolute Gasteiger partial charge is 0.371 e. The summed E-state index contributed by atoms with van der Waals surface area (Å²) in [5.74, 6) is 0.774. The molecule has 1 aliphatic rings. The molecule has 2 nitrogen and oxygen atoms in total. The highest BCUT2D eigenvalue weighted by Gasteiger charge is 2.32. The average molecular weight is 278 g/mol. The Bertz CT molecular complexity index is 437. The van der Waals surface area contributed by atoms with Crippen LogP contribution in [0.15, 0.2) is 23.1 Å². The van der Waals surface area contributed by atoms with Crippen LogP contribution < -0.4 is 10.6 Å². The predicted octanol–water partition coefficient (Wildman–Crippen LogP) is 3.74. The van der Waals surface area contributed by atoms with E-state index < -0.39 is 0 Å². The molecule has 0 aromatic heterocycles. The van der Waals surface area contributed by atoms with E-state index in [2.05, 4.69) is 50.1 Å². The number of anilines is 1. The third-order valence-corrected chi connectivity index (χ3v) is 5.11. The van der Waals surface area contributed by atoms with Crippen molar-refractivity contribution >= 4 is 17.4 Å². The number of hydrogen-bond donors (Lipinski definition) is 1. The molecule has 3 heteroatoms. The summed E-state index contributed by atoms with van der Waals surface area (Å²) < 4.78 is 0. The molecule has 0 radical (unpaired) electrons. The molecule has 0 aliphatic carbocycles. The Hall–Kier alpha value is -0.670. The summed E-state index contributed by atoms with van der Waals surface area (Å²) in [5, 5.41) is 0. The smallest absolute Gasteiger partial charge is 0.0423 e. The Morgan fingerprint density at radius 2 is 2.11 bits per heavy atom. The van der Waals surface area contributed by atoms with E-state index in [1.54, 1.807) is 11.8 Å². The minimum atomic E-state index is 0.398. The van der Waals surface area contributed by atoms with Crippen molar-refractivity contribution in [2.75, 3.05) is 24.2 Å². The number of benzene rings is 1. The van der Waals surface area contributed by atoms with Gasteiger partial charge in [-0.1, -0.05) is 26.8 Å². The second-order valence-corrected chi connectivity index (χ2v) is 7.31. The Morgan fingerprint density at radius 1 is 1.37 bits per heavy atom. The zero-order valence-corrected chi connectivity index (χ0v) is 13.4. The van der Waals surface area contributed by atoms with Gasteiger partial charge in [-0.15, -0.1) is 11.8 Å². The third kappa shape index (κ3) is 3.09. The molecule has 1 heterocycles. The summed E-state index contributed by atoms with van der Waals surface area (Å²) >= 11 is 1.79. The van der Waals surface area contributed by atoms with Gasteiger partial charge in [0.05, 0.1) is 0 Å². The van der Waals surface area contributed by atoms with Crippen LogP contribution in [-0.2, 0) is 6.54 Å². The van der Waals surface area contributed by atoms with Crippen LogP contribution in [0.25, 0.3) is 0 Å². The Balaban J connectivity index is 2.24. The van der Waals surface area contributed by atoms with Gasteiger partial charge in [-0.3, -0.25) is 0 Å². The second-order valence-electron chi connectivity index (χ2n) is 6.46. The average Bonchev–Trinajstić information content (AvgIpc) is 2.86. The molecule has 0 spiro atoms. The monoisotopic (exact) mass is 278 g/mol. The van der Waals surface area contributed by atoms with Gasteiger partial charge >= 0.3 is 0 Å². The van der Waals surface area contributed by atoms with Crippen LogP contribution in [0.4, 0.5) is 5.69 Å². The summed E-state index contributed by atoms with van der Waals surface area (Å²) in [6.07, 6.45) is 3.41. The van der Waals surface area contributed by atoms with Gasteiger partial charge in [0.2, 0.25) is 0 Å². The van der Waals surface area contributed by atoms with Gasteiger partial charge in [0.15, 0.2) is 0 Å². The molecular formula is C16H26N2S. The highest BCUT2D eigenvalue weighted by molar-refractivity contribution is 7.98. The van der Waals surface area contributed by atoms with Gasteiger partial charge in [-0.25, -0.2) is 0 Å². The first-order valence-electron chi connectivity index (χ1n) is 7.08. The van der Waals surface area contributed by atoms with Gasteiger partial charge in [-0.2, -0.15) is 0 Å². The van der Waals surface area contributed by atoms with Crippen molar-refractivity contribution in [2.24, 2.45) is 17.1 Å². The lowest BCUT2D eigenvalue weighted by molar-refractivity contribution is 0.263. The molecule has 1 aromatic rings. The molecule has 2 rings (SSSR count). The van der Waals surface area contributed by atoms with Gasteiger partial charge in [0, 0.05) is 35.8 Å². The van der Waals surface area contributed by atoms with E-state index >= 15 is 0 Å². The zero-order valence-electron chi connectivity index (χ0n) is 12.6. The van der Waals surface area contributed by atoms with Gasteiger partial charge in [-0.05, 0) is 36.1 Å². The van der Waals surface area contributed by atoms with Crippen LogP contribution >= 0.6 is 11.8 Å². The van der Waals surface area contributed by atoms with Crippen LogP contribution in [0.2, 0.25) is 0 Å². The van der Waals surface area contributed by atoms with Crippen molar-refractivity contribution in [2.45, 2.75) is 38.6 Å². The molecule has 1 saturated heterocycles. The number of nitrogens with two attached hydrogens (primary N) is 1. The van der Waals surface area contributed by atoms with E-state index in [0.29, 0.717) is 12.0 Å². The number of hydrogen-bond acceptors (Lipinski definition) is 3. The SMILES string of the molecule is CSc1cccc(N2CCC(C(C)(C)C)C2)c1CN. The molecule has 0 amide bonds. The van der Waals surface area contributed by atoms with E-state index in [1.807, 2.05) is 0 Å². The van der Waals surface area contributed by atoms with Crippen molar-refractivity contribution in [1.82, 2.24) is 0 Å². The normalized spacial score (nSPS) is 20.1. The molecule has 19 heavy (non-hydrogen) atoms. The van der Waals surface area contributed by atoms with Crippen molar-refractivity contribution in [1.29, 1.82) is 0 Å². The summed E-state index contributed by atoms with van der Waals surface area (Å²) in [7, 11) is 0. The maximum Gasteiger partial charge on any atom is 0.0423 e. The van der Waals surface area contributed by atoms with E-state index in [9.17, 15) is 0 Å². The highest BCUT2D eigenvalue weighted by Crippen LogP contribution is 2.38. The Kier molecular flexibility index (Phi) is 4.46. The predicted molar refractivity (Wildman–Crippen MR) is 85.9 cm³/mol. The topological polar surface area (TPSA) is 29.3 Å². The summed E-state index contributed by atoms with van der Waals surface area (Å²) in [6.45, 7) is 10.0. The molecule has 2 N–H and O–H groups in total. The summed E-state index contributed by atoms with van der Waals surface area (Å²) in [6, 6.07) is 6.56. The van der Waals surface area contributed by atoms with Crippen LogP contribution in [0.1, 0.15) is 32.8 Å². The van der Waals surface area contributed by atoms with Crippen LogP contribution in [0, 0.1) is 11.3 Å². The second kappa shape index (κ2) is 5.76. The van der Waals surface area contributed by atoms with E-state index in [0.717, 1.165) is 19.0 Å². The lowest BCUT2D eigenvalue weighted by Gasteiger charge is -2.28. The quantitative estimate of drug-likeness (QED) is 0.854. The molecule has 0 bridgehead atoms. The molecule has 1 unspecified atom stereocenters. The standard InChI is InChI=1S/C16H26N2S/c1-16(2,3)12-8-9-18(11-12)14-6-5-7-15(19-4)13(14)10-17/h5-7,12H,8-11,17H2,1-4H3. The third-order valence-electron chi connectivity index (χ3n) is 4.29. The van der Waals surface area contributed by atoms with Gasteiger partial charge in [0.25, 0.3) is 0 Å². The highest BCUT2D eigenvalue weighted by atomic mass is 32.2. The summed E-state index contributed by atoms with van der Waals surface area (Å²) in [5.41, 5.74) is 9.03. The Morgan fingerprint density at radius 3 is 2.63 bits per heavy atom. The molecular weight excluding hydrogens is 252 g/mol. The molecule has 106 valence electrons. The van der Waals surface area contributed by atoms with Crippen molar-refractivity contribution in [3.63, 3.8) is 0 Å². The fraction of sp³-hybridized carbons (Fsp3) is 0.625. The van der Waals surface area contributed by atoms with Crippen LogP contribution in [0.3, 0.4) is 0 Å². The minimum Gasteiger partial charge on any atom is -0.371 e. The minimum absolute atomic E-state index is 0.398. The summed E-state index contributed by atoms with van der Waals surface area (Å²) in [4.78, 5) is 3.84.